The number of ether oxygens (including phenoxy) is 4. The molecule has 4 aliphatic heterocycles. The number of hydrogen-bond donors (Lipinski definition) is 7. The molecule has 9 rings (SSSR count). The minimum absolute atomic E-state index is 0.00432. The minimum atomic E-state index is -1.08. The Kier molecular flexibility index (Phi) is 13.5. The number of carbonyl (C=O) groups is 5. The van der Waals surface area contributed by atoms with Gasteiger partial charge in [-0.15, -0.1) is 0 Å². The maximum absolute atomic E-state index is 14.1. The highest BCUT2D eigenvalue weighted by atomic mass is 32.1. The van der Waals surface area contributed by atoms with Crippen LogP contribution in [0.15, 0.2) is 91.0 Å². The number of amides is 5. The molecule has 364 valence electrons. The number of fused-ring (bicyclic) bond motifs is 8. The van der Waals surface area contributed by atoms with E-state index in [0.29, 0.717) is 70.2 Å². The quantitative estimate of drug-likeness (QED) is 0.0583. The molecule has 0 aromatic heterocycles. The molecule has 3 atom stereocenters. The molecule has 5 amide bonds. The van der Waals surface area contributed by atoms with Gasteiger partial charge in [-0.1, -0.05) is 50.2 Å². The SMILES string of the molecule is COc1cc2c(cc1OCc1cc(COc3cc4c(cc3OC)C(=O)N3c5ccccc5CC3[C@@H](O)N4)cc(NC(=O)CNC(=O)CNC(=O)CCC(C)(C)S)c1)NCC1Cc3ccccc3N1C2=O. The van der Waals surface area contributed by atoms with E-state index < -0.39 is 24.1 Å². The van der Waals surface area contributed by atoms with Crippen LogP contribution < -0.4 is 55.3 Å². The minimum Gasteiger partial charge on any atom is -0.493 e. The van der Waals surface area contributed by atoms with Crippen molar-refractivity contribution in [2.75, 3.05) is 59.6 Å². The fourth-order valence-electron chi connectivity index (χ4n) is 9.31. The summed E-state index contributed by atoms with van der Waals surface area (Å²) in [5, 5.41) is 25.9. The summed E-state index contributed by atoms with van der Waals surface area (Å²) in [6, 6.07) is 26.8. The van der Waals surface area contributed by atoms with E-state index in [4.69, 9.17) is 18.9 Å². The van der Waals surface area contributed by atoms with Crippen molar-refractivity contribution in [3.05, 3.63) is 124 Å². The number of carbonyl (C=O) groups excluding carboxylic acids is 5. The molecule has 4 aliphatic rings. The Balaban J connectivity index is 0.937. The van der Waals surface area contributed by atoms with Crippen molar-refractivity contribution in [1.82, 2.24) is 10.6 Å². The maximum atomic E-state index is 14.1. The third kappa shape index (κ3) is 10.1. The Bertz CT molecular complexity index is 2890. The van der Waals surface area contributed by atoms with Gasteiger partial charge in [-0.05, 0) is 84.0 Å². The van der Waals surface area contributed by atoms with Gasteiger partial charge < -0.3 is 60.4 Å². The molecule has 70 heavy (non-hydrogen) atoms. The highest BCUT2D eigenvalue weighted by Crippen LogP contribution is 2.43. The predicted octanol–water partition coefficient (Wildman–Crippen LogP) is 5.83. The molecule has 4 heterocycles. The van der Waals surface area contributed by atoms with Crippen LogP contribution in [0.3, 0.4) is 0 Å². The first-order valence-corrected chi connectivity index (χ1v) is 23.5. The lowest BCUT2D eigenvalue weighted by atomic mass is 10.1. The predicted molar refractivity (Wildman–Crippen MR) is 268 cm³/mol. The average molecular weight is 970 g/mol. The molecule has 6 N–H and O–H groups in total. The Morgan fingerprint density at radius 3 is 1.91 bits per heavy atom. The summed E-state index contributed by atoms with van der Waals surface area (Å²) in [6.45, 7) is 3.61. The summed E-state index contributed by atoms with van der Waals surface area (Å²) in [5.74, 6) is -0.500. The van der Waals surface area contributed by atoms with Gasteiger partial charge in [0.1, 0.15) is 19.4 Å². The fourth-order valence-corrected chi connectivity index (χ4v) is 9.42. The standard InChI is InChI=1S/C52H55N7O10S/c1-52(2,70)14-13-46(60)54-25-47(61)55-26-48(62)56-33-16-29(27-68-44-22-37-35(20-42(44)66-3)50(64)58-34(24-53-37)18-31-9-5-7-11-39(31)58)15-30(17-33)28-69-45-23-38-36(21-43(45)67-4)51(65)59-40-12-8-6-10-32(40)19-41(59)49(63)57-38/h5-12,15-17,20-23,34,41,49,53,57,63,70H,13-14,18-19,24-28H2,1-4H3,(H,54,60)(H,55,61)(H,56,62)/t34?,41?,49-/m1/s1. The summed E-state index contributed by atoms with van der Waals surface area (Å²) in [4.78, 5) is 69.8. The van der Waals surface area contributed by atoms with Crippen LogP contribution in [0.25, 0.3) is 0 Å². The first-order valence-electron chi connectivity index (χ1n) is 23.1. The zero-order valence-corrected chi connectivity index (χ0v) is 40.1. The van der Waals surface area contributed by atoms with Crippen molar-refractivity contribution in [2.24, 2.45) is 0 Å². The molecule has 0 bridgehead atoms. The van der Waals surface area contributed by atoms with Gasteiger partial charge in [0.2, 0.25) is 17.7 Å². The van der Waals surface area contributed by atoms with Crippen LogP contribution in [-0.4, -0.2) is 91.6 Å². The number of benzene rings is 5. The number of anilines is 5. The van der Waals surface area contributed by atoms with E-state index in [-0.39, 0.29) is 72.7 Å². The van der Waals surface area contributed by atoms with Gasteiger partial charge in [0.25, 0.3) is 11.8 Å². The van der Waals surface area contributed by atoms with Crippen LogP contribution in [0.2, 0.25) is 0 Å². The summed E-state index contributed by atoms with van der Waals surface area (Å²) >= 11 is 4.44. The average Bonchev–Trinajstić information content (AvgIpc) is 3.87. The van der Waals surface area contributed by atoms with Crippen molar-refractivity contribution in [1.29, 1.82) is 0 Å². The molecule has 0 aliphatic carbocycles. The molecule has 5 aromatic carbocycles. The van der Waals surface area contributed by atoms with Crippen molar-refractivity contribution in [2.45, 2.75) is 75.8 Å². The molecular formula is C52H55N7O10S. The van der Waals surface area contributed by atoms with Gasteiger partial charge in [0.05, 0.1) is 61.9 Å². The van der Waals surface area contributed by atoms with Gasteiger partial charge in [0, 0.05) is 46.9 Å². The number of nitrogens with zero attached hydrogens (tertiary/aromatic N) is 2. The number of para-hydroxylation sites is 2. The maximum Gasteiger partial charge on any atom is 0.260 e. The highest BCUT2D eigenvalue weighted by molar-refractivity contribution is 7.81. The van der Waals surface area contributed by atoms with Crippen molar-refractivity contribution < 1.29 is 48.0 Å². The van der Waals surface area contributed by atoms with Crippen molar-refractivity contribution in [3.8, 4) is 23.0 Å². The Morgan fingerprint density at radius 1 is 0.714 bits per heavy atom. The van der Waals surface area contributed by atoms with E-state index >= 15 is 0 Å². The fraction of sp³-hybridized carbons (Fsp3) is 0.327. The summed E-state index contributed by atoms with van der Waals surface area (Å²) in [7, 11) is 2.98. The second-order valence-corrected chi connectivity index (χ2v) is 19.5. The number of aliphatic hydroxyl groups excluding tert-OH is 1. The number of aliphatic hydroxyl groups is 1. The van der Waals surface area contributed by atoms with Crippen LogP contribution in [0, 0.1) is 0 Å². The van der Waals surface area contributed by atoms with E-state index in [9.17, 15) is 29.1 Å². The summed E-state index contributed by atoms with van der Waals surface area (Å²) in [5.41, 5.74) is 7.05. The lowest BCUT2D eigenvalue weighted by molar-refractivity contribution is -0.127. The number of methoxy groups -OCH3 is 2. The molecule has 17 nitrogen and oxygen atoms in total. The smallest absolute Gasteiger partial charge is 0.260 e. The number of rotatable bonds is 16. The normalized spacial score (nSPS) is 17.4. The van der Waals surface area contributed by atoms with E-state index in [1.165, 1.54) is 14.2 Å². The zero-order chi connectivity index (χ0) is 49.3. The first kappa shape index (κ1) is 47.6. The number of nitrogens with one attached hydrogen (secondary N) is 5. The van der Waals surface area contributed by atoms with Crippen molar-refractivity contribution in [3.63, 3.8) is 0 Å². The molecular weight excluding hydrogens is 915 g/mol. The second kappa shape index (κ2) is 19.9. The molecule has 0 fully saturated rings. The van der Waals surface area contributed by atoms with Crippen LogP contribution in [-0.2, 0) is 40.4 Å². The summed E-state index contributed by atoms with van der Waals surface area (Å²) < 4.78 is 23.9. The topological polar surface area (TPSA) is 209 Å². The molecule has 0 radical (unpaired) electrons. The van der Waals surface area contributed by atoms with Gasteiger partial charge in [-0.25, -0.2) is 0 Å². The van der Waals surface area contributed by atoms with Gasteiger partial charge >= 0.3 is 0 Å². The first-order chi connectivity index (χ1) is 33.7. The highest BCUT2D eigenvalue weighted by Gasteiger charge is 2.42. The summed E-state index contributed by atoms with van der Waals surface area (Å²) in [6.07, 6.45) is 0.860. The number of thiol groups is 1. The Hall–Kier alpha value is -7.44. The molecule has 5 aromatic rings. The van der Waals surface area contributed by atoms with E-state index in [2.05, 4.69) is 39.2 Å². The Morgan fingerprint density at radius 2 is 1.27 bits per heavy atom. The molecule has 2 unspecified atom stereocenters. The molecule has 0 saturated carbocycles. The van der Waals surface area contributed by atoms with Crippen LogP contribution in [0.5, 0.6) is 23.0 Å². The van der Waals surface area contributed by atoms with E-state index in [1.807, 2.05) is 73.3 Å². The molecule has 0 saturated heterocycles. The van der Waals surface area contributed by atoms with Gasteiger partial charge in [0.15, 0.2) is 23.0 Å². The van der Waals surface area contributed by atoms with E-state index in [0.717, 1.165) is 28.9 Å². The van der Waals surface area contributed by atoms with Gasteiger partial charge in [-0.3, -0.25) is 24.0 Å². The monoisotopic (exact) mass is 969 g/mol. The number of hydrogen-bond acceptors (Lipinski definition) is 13. The van der Waals surface area contributed by atoms with Crippen LogP contribution >= 0.6 is 12.6 Å². The third-order valence-corrected chi connectivity index (χ3v) is 13.0. The largest absolute Gasteiger partial charge is 0.493 e. The van der Waals surface area contributed by atoms with E-state index in [1.54, 1.807) is 41.3 Å². The lowest BCUT2D eigenvalue weighted by Gasteiger charge is -2.26. The lowest BCUT2D eigenvalue weighted by Crippen LogP contribution is -2.45. The Labute approximate surface area is 410 Å². The zero-order valence-electron chi connectivity index (χ0n) is 39.2. The molecule has 18 heteroatoms. The molecule has 0 spiro atoms. The van der Waals surface area contributed by atoms with Crippen LogP contribution in [0.1, 0.15) is 69.7 Å². The third-order valence-electron chi connectivity index (χ3n) is 12.8. The van der Waals surface area contributed by atoms with Crippen molar-refractivity contribution >= 4 is 70.6 Å². The second-order valence-electron chi connectivity index (χ2n) is 18.3. The van der Waals surface area contributed by atoms with Crippen LogP contribution in [0.4, 0.5) is 28.4 Å². The van der Waals surface area contributed by atoms with Gasteiger partial charge in [-0.2, -0.15) is 12.6 Å².